The molecule has 1 aromatic heterocycles. The van der Waals surface area contributed by atoms with E-state index in [2.05, 4.69) is 15.6 Å². The van der Waals surface area contributed by atoms with Crippen molar-refractivity contribution in [3.63, 3.8) is 0 Å². The maximum atomic E-state index is 14.8. The number of aromatic nitrogens is 3. The molecule has 7 N–H and O–H groups in total. The van der Waals surface area contributed by atoms with Crippen molar-refractivity contribution in [3.05, 3.63) is 107 Å². The van der Waals surface area contributed by atoms with Crippen LogP contribution in [0.1, 0.15) is 41.6 Å². The van der Waals surface area contributed by atoms with E-state index in [-0.39, 0.29) is 36.4 Å². The van der Waals surface area contributed by atoms with E-state index in [1.54, 1.807) is 33.8 Å². The van der Waals surface area contributed by atoms with Gasteiger partial charge in [0.25, 0.3) is 11.8 Å². The molecule has 1 spiro atoms. The average molecular weight is 774 g/mol. The third-order valence-electron chi connectivity index (χ3n) is 11.2. The summed E-state index contributed by atoms with van der Waals surface area (Å²) < 4.78 is 13.7. The number of amides is 2. The molecule has 0 aliphatic carbocycles. The van der Waals surface area contributed by atoms with Crippen molar-refractivity contribution >= 4 is 31.5 Å². The highest BCUT2D eigenvalue weighted by Gasteiger charge is 2.66. The van der Waals surface area contributed by atoms with Gasteiger partial charge in [-0.05, 0) is 48.8 Å². The minimum Gasteiger partial charge on any atom is -0.432 e. The SMILES string of the molecule is C[C@H]1[C@H]([Si](C)(C)O)[C@@H](CCn2cc(C(CO)c3ccccc3)nn2)O[C@]12C(=O)N(Cc1cccc(NC(=O)[C@H]3O[C@@H](O)[C@H](O)[C@@H](O)[C@@H]3O)c1)c1ccccc12. The van der Waals surface area contributed by atoms with Gasteiger partial charge in [0.15, 0.2) is 26.3 Å². The third-order valence-corrected chi connectivity index (χ3v) is 13.7. The highest BCUT2D eigenvalue weighted by atomic mass is 28.4. The lowest BCUT2D eigenvalue weighted by molar-refractivity contribution is -0.274. The molecule has 15 nitrogen and oxygen atoms in total. The Morgan fingerprint density at radius 3 is 2.44 bits per heavy atom. The van der Waals surface area contributed by atoms with Gasteiger partial charge < -0.3 is 50.0 Å². The molecule has 3 aliphatic heterocycles. The largest absolute Gasteiger partial charge is 0.432 e. The van der Waals surface area contributed by atoms with Gasteiger partial charge in [0.2, 0.25) is 0 Å². The Hall–Kier alpha value is -4.36. The fourth-order valence-electron chi connectivity index (χ4n) is 8.58. The molecule has 4 aromatic rings. The van der Waals surface area contributed by atoms with Gasteiger partial charge in [0.1, 0.15) is 18.3 Å². The van der Waals surface area contributed by atoms with E-state index in [0.717, 1.165) is 5.56 Å². The van der Waals surface area contributed by atoms with Crippen molar-refractivity contribution in [2.24, 2.45) is 5.92 Å². The number of nitrogens with zero attached hydrogens (tertiary/aromatic N) is 4. The van der Waals surface area contributed by atoms with Gasteiger partial charge in [-0.1, -0.05) is 72.8 Å². The van der Waals surface area contributed by atoms with Crippen LogP contribution in [0.3, 0.4) is 0 Å². The third kappa shape index (κ3) is 7.14. The zero-order valence-corrected chi connectivity index (χ0v) is 31.7. The van der Waals surface area contributed by atoms with Crippen molar-refractivity contribution in [1.82, 2.24) is 15.0 Å². The number of carbonyl (C=O) groups excluding carboxylic acids is 2. The number of carbonyl (C=O) groups is 2. The van der Waals surface area contributed by atoms with Crippen LogP contribution in [0.2, 0.25) is 18.6 Å². The molecule has 2 amide bonds. The molecule has 3 aliphatic rings. The van der Waals surface area contributed by atoms with Gasteiger partial charge in [-0.15, -0.1) is 5.10 Å². The zero-order valence-electron chi connectivity index (χ0n) is 30.7. The van der Waals surface area contributed by atoms with Crippen LogP contribution in [0.25, 0.3) is 0 Å². The van der Waals surface area contributed by atoms with Crippen molar-refractivity contribution in [1.29, 1.82) is 0 Å². The van der Waals surface area contributed by atoms with Gasteiger partial charge in [-0.2, -0.15) is 0 Å². The number of benzene rings is 3. The molecule has 55 heavy (non-hydrogen) atoms. The zero-order chi connectivity index (χ0) is 39.2. The summed E-state index contributed by atoms with van der Waals surface area (Å²) in [5, 5.41) is 61.5. The molecule has 16 heteroatoms. The minimum atomic E-state index is -2.93. The first-order chi connectivity index (χ1) is 26.2. The number of ether oxygens (including phenoxy) is 2. The standard InChI is InChI=1S/C39H47N5O10Si/c1-22-35(55(2,3)52)30(16-17-43-20-28(41-42-43)26(21-45)24-11-5-4-6-12-24)54-39(22)27-14-7-8-15-29(27)44(38(39)51)19-23-10-9-13-25(18-23)40-36(49)34-32(47)31(46)33(48)37(50)53-34/h4-15,18,20,22,26,30-35,37,45-48,50,52H,16-17,19,21H2,1-3H3,(H,40,49)/t22-,26?,30+,31-,32-,33+,34-,35-,37+,39+/m0/s1. The number of rotatable bonds is 11. The summed E-state index contributed by atoms with van der Waals surface area (Å²) in [6, 6.07) is 23.8. The molecular formula is C39H47N5O10Si. The van der Waals surface area contributed by atoms with E-state index in [9.17, 15) is 39.9 Å². The lowest BCUT2D eigenvalue weighted by atomic mass is 9.82. The quantitative estimate of drug-likeness (QED) is 0.108. The Balaban J connectivity index is 1.11. The van der Waals surface area contributed by atoms with Crippen LogP contribution in [-0.4, -0.2) is 109 Å². The summed E-state index contributed by atoms with van der Waals surface area (Å²) in [5.74, 6) is -1.82. The normalized spacial score (nSPS) is 29.8. The van der Waals surface area contributed by atoms with Crippen LogP contribution < -0.4 is 10.2 Å². The summed E-state index contributed by atoms with van der Waals surface area (Å²) in [5.41, 5.74) is 2.24. The van der Waals surface area contributed by atoms with Crippen LogP contribution in [0.4, 0.5) is 11.4 Å². The predicted octanol–water partition coefficient (Wildman–Crippen LogP) is 1.58. The van der Waals surface area contributed by atoms with Crippen LogP contribution in [0.15, 0.2) is 85.1 Å². The molecule has 292 valence electrons. The summed E-state index contributed by atoms with van der Waals surface area (Å²) >= 11 is 0. The summed E-state index contributed by atoms with van der Waals surface area (Å²) in [4.78, 5) is 41.2. The molecule has 7 rings (SSSR count). The fraction of sp³-hybridized carbons (Fsp3) is 0.436. The van der Waals surface area contributed by atoms with Gasteiger partial charge in [-0.3, -0.25) is 14.3 Å². The monoisotopic (exact) mass is 773 g/mol. The van der Waals surface area contributed by atoms with Gasteiger partial charge >= 0.3 is 0 Å². The highest BCUT2D eigenvalue weighted by Crippen LogP contribution is 2.59. The van der Waals surface area contributed by atoms with Crippen molar-refractivity contribution in [2.45, 2.75) is 93.4 Å². The molecule has 0 bridgehead atoms. The van der Waals surface area contributed by atoms with Crippen molar-refractivity contribution in [3.8, 4) is 0 Å². The van der Waals surface area contributed by atoms with Gasteiger partial charge in [0, 0.05) is 35.5 Å². The Bertz CT molecular complexity index is 2010. The first-order valence-corrected chi connectivity index (χ1v) is 21.4. The number of fused-ring (bicyclic) bond motifs is 2. The molecule has 3 aromatic carbocycles. The van der Waals surface area contributed by atoms with E-state index in [1.165, 1.54) is 0 Å². The van der Waals surface area contributed by atoms with E-state index in [1.807, 2.05) is 80.8 Å². The van der Waals surface area contributed by atoms with Gasteiger partial charge in [0.05, 0.1) is 36.6 Å². The number of anilines is 2. The number of aliphatic hydroxyl groups excluding tert-OH is 5. The second-order valence-electron chi connectivity index (χ2n) is 15.2. The number of hydrogen-bond acceptors (Lipinski definition) is 12. The van der Waals surface area contributed by atoms with E-state index >= 15 is 0 Å². The lowest BCUT2D eigenvalue weighted by Crippen LogP contribution is -2.60. The molecule has 1 unspecified atom stereocenters. The Kier molecular flexibility index (Phi) is 10.8. The summed E-state index contributed by atoms with van der Waals surface area (Å²) in [6.45, 7) is 6.11. The Morgan fingerprint density at radius 1 is 0.982 bits per heavy atom. The topological polar surface area (TPSA) is 220 Å². The van der Waals surface area contributed by atoms with Crippen LogP contribution >= 0.6 is 0 Å². The second-order valence-corrected chi connectivity index (χ2v) is 19.2. The molecule has 0 saturated carbocycles. The smallest absolute Gasteiger partial charge is 0.264 e. The average Bonchev–Trinajstić information content (AvgIpc) is 3.82. The molecule has 10 atom stereocenters. The molecule has 2 fully saturated rings. The molecule has 2 saturated heterocycles. The number of para-hydroxylation sites is 1. The van der Waals surface area contributed by atoms with Crippen LogP contribution in [0, 0.1) is 5.92 Å². The highest BCUT2D eigenvalue weighted by molar-refractivity contribution is 6.71. The second kappa shape index (κ2) is 15.3. The van der Waals surface area contributed by atoms with E-state index < -0.39 is 56.6 Å². The summed E-state index contributed by atoms with van der Waals surface area (Å²) in [7, 11) is -2.93. The van der Waals surface area contributed by atoms with E-state index in [0.29, 0.717) is 41.2 Å². The molecule has 4 heterocycles. The Labute approximate surface area is 318 Å². The first-order valence-electron chi connectivity index (χ1n) is 18.4. The molecule has 0 radical (unpaired) electrons. The fourth-order valence-corrected chi connectivity index (χ4v) is 11.2. The first kappa shape index (κ1) is 38.9. The number of aliphatic hydroxyl groups is 5. The van der Waals surface area contributed by atoms with Gasteiger partial charge in [-0.25, -0.2) is 0 Å². The van der Waals surface area contributed by atoms with Crippen LogP contribution in [-0.2, 0) is 37.8 Å². The number of nitrogens with one attached hydrogen (secondary N) is 1. The van der Waals surface area contributed by atoms with Crippen LogP contribution in [0.5, 0.6) is 0 Å². The predicted molar refractivity (Wildman–Crippen MR) is 201 cm³/mol. The maximum Gasteiger partial charge on any atom is 0.264 e. The van der Waals surface area contributed by atoms with Crippen molar-refractivity contribution in [2.75, 3.05) is 16.8 Å². The number of aryl methyl sites for hydroxylation is 1. The van der Waals surface area contributed by atoms with Crippen molar-refractivity contribution < 1.29 is 49.4 Å². The van der Waals surface area contributed by atoms with E-state index in [4.69, 9.17) is 9.47 Å². The Morgan fingerprint density at radius 2 is 1.71 bits per heavy atom. The maximum absolute atomic E-state index is 14.8. The number of hydrogen-bond donors (Lipinski definition) is 7. The minimum absolute atomic E-state index is 0.119. The lowest BCUT2D eigenvalue weighted by Gasteiger charge is -2.37. The molecular weight excluding hydrogens is 727 g/mol. The summed E-state index contributed by atoms with van der Waals surface area (Å²) in [6.07, 6.45) is -7.08.